The molecular formula is C27H34O4. The summed E-state index contributed by atoms with van der Waals surface area (Å²) < 4.78 is 5.71. The number of hydrogen-bond acceptors (Lipinski definition) is 3. The fourth-order valence-electron chi connectivity index (χ4n) is 5.15. The number of ether oxygens (including phenoxy) is 1. The van der Waals surface area contributed by atoms with Crippen molar-refractivity contribution in [1.29, 1.82) is 0 Å². The van der Waals surface area contributed by atoms with Crippen molar-refractivity contribution in [3.05, 3.63) is 65.2 Å². The maximum absolute atomic E-state index is 10.7. The zero-order chi connectivity index (χ0) is 22.6. The number of phenolic OH excluding ortho intramolecular Hbond substituents is 1. The molecule has 0 radical (unpaired) electrons. The van der Waals surface area contributed by atoms with Crippen LogP contribution >= 0.6 is 0 Å². The highest BCUT2D eigenvalue weighted by molar-refractivity contribution is 5.82. The van der Waals surface area contributed by atoms with Gasteiger partial charge in [-0.3, -0.25) is 4.79 Å². The Bertz CT molecular complexity index is 916. The van der Waals surface area contributed by atoms with E-state index in [1.54, 1.807) is 12.1 Å². The highest BCUT2D eigenvalue weighted by Gasteiger charge is 2.37. The zero-order valence-electron chi connectivity index (χ0n) is 19.1. The topological polar surface area (TPSA) is 66.8 Å². The Morgan fingerprint density at radius 3 is 1.94 bits per heavy atom. The number of carboxylic acids is 1. The van der Waals surface area contributed by atoms with Gasteiger partial charge in [-0.05, 0) is 77.5 Å². The number of aliphatic carboxylic acids is 1. The van der Waals surface area contributed by atoms with Gasteiger partial charge in [-0.25, -0.2) is 0 Å². The van der Waals surface area contributed by atoms with Crippen LogP contribution in [0.5, 0.6) is 11.5 Å². The van der Waals surface area contributed by atoms with Crippen molar-refractivity contribution < 1.29 is 19.7 Å². The molecule has 0 aliphatic heterocycles. The molecule has 1 aliphatic rings. The molecule has 1 aliphatic carbocycles. The smallest absolute Gasteiger partial charge is 0.303 e. The molecule has 0 atom stereocenters. The molecule has 1 saturated carbocycles. The molecule has 4 heteroatoms. The van der Waals surface area contributed by atoms with Gasteiger partial charge in [-0.2, -0.15) is 0 Å². The van der Waals surface area contributed by atoms with Crippen LogP contribution in [0.4, 0.5) is 0 Å². The SMILES string of the molecule is CC1(C)CC(=C(c2ccc(O)cc2)c2ccc(OCCCC(=O)O)cc2)CC(C)(C)C1. The van der Waals surface area contributed by atoms with Crippen molar-refractivity contribution in [1.82, 2.24) is 0 Å². The van der Waals surface area contributed by atoms with Crippen LogP contribution in [0.3, 0.4) is 0 Å². The maximum atomic E-state index is 10.7. The van der Waals surface area contributed by atoms with Gasteiger partial charge in [0.05, 0.1) is 6.61 Å². The molecule has 0 saturated heterocycles. The average Bonchev–Trinajstić information content (AvgIpc) is 2.65. The lowest BCUT2D eigenvalue weighted by molar-refractivity contribution is -0.137. The number of phenols is 1. The zero-order valence-corrected chi connectivity index (χ0v) is 19.1. The average molecular weight is 423 g/mol. The van der Waals surface area contributed by atoms with E-state index in [-0.39, 0.29) is 23.0 Å². The number of rotatable bonds is 7. The predicted molar refractivity (Wildman–Crippen MR) is 124 cm³/mol. The molecule has 0 heterocycles. The molecule has 3 rings (SSSR count). The van der Waals surface area contributed by atoms with Crippen LogP contribution in [0.15, 0.2) is 54.1 Å². The highest BCUT2D eigenvalue weighted by atomic mass is 16.5. The van der Waals surface area contributed by atoms with Gasteiger partial charge in [0.25, 0.3) is 0 Å². The van der Waals surface area contributed by atoms with E-state index in [9.17, 15) is 9.90 Å². The van der Waals surface area contributed by atoms with Crippen LogP contribution in [0.25, 0.3) is 5.57 Å². The van der Waals surface area contributed by atoms with Crippen molar-refractivity contribution in [3.8, 4) is 11.5 Å². The van der Waals surface area contributed by atoms with Crippen LogP contribution in [0, 0.1) is 10.8 Å². The first-order valence-electron chi connectivity index (χ1n) is 11.0. The van der Waals surface area contributed by atoms with Crippen molar-refractivity contribution >= 4 is 11.5 Å². The van der Waals surface area contributed by atoms with E-state index in [2.05, 4.69) is 39.8 Å². The first kappa shape index (κ1) is 22.9. The van der Waals surface area contributed by atoms with Gasteiger partial charge >= 0.3 is 5.97 Å². The Labute approximate surface area is 185 Å². The second kappa shape index (κ2) is 9.17. The van der Waals surface area contributed by atoms with Crippen LogP contribution in [0.1, 0.15) is 70.9 Å². The van der Waals surface area contributed by atoms with E-state index >= 15 is 0 Å². The Hall–Kier alpha value is -2.75. The summed E-state index contributed by atoms with van der Waals surface area (Å²) in [7, 11) is 0. The normalized spacial score (nSPS) is 17.2. The molecule has 0 spiro atoms. The van der Waals surface area contributed by atoms with Gasteiger partial charge < -0.3 is 14.9 Å². The Morgan fingerprint density at radius 1 is 0.903 bits per heavy atom. The summed E-state index contributed by atoms with van der Waals surface area (Å²) in [6, 6.07) is 15.5. The van der Waals surface area contributed by atoms with Crippen LogP contribution in [0.2, 0.25) is 0 Å². The van der Waals surface area contributed by atoms with Gasteiger partial charge in [-0.1, -0.05) is 57.5 Å². The van der Waals surface area contributed by atoms with Crippen LogP contribution in [-0.4, -0.2) is 22.8 Å². The predicted octanol–water partition coefficient (Wildman–Crippen LogP) is 6.67. The van der Waals surface area contributed by atoms with E-state index in [4.69, 9.17) is 9.84 Å². The molecule has 31 heavy (non-hydrogen) atoms. The molecule has 0 bridgehead atoms. The minimum atomic E-state index is -0.803. The van der Waals surface area contributed by atoms with Crippen molar-refractivity contribution in [3.63, 3.8) is 0 Å². The molecule has 1 fully saturated rings. The quantitative estimate of drug-likeness (QED) is 0.489. The van der Waals surface area contributed by atoms with Crippen molar-refractivity contribution in [2.45, 2.75) is 59.8 Å². The van der Waals surface area contributed by atoms with Gasteiger partial charge in [0.2, 0.25) is 0 Å². The number of aromatic hydroxyl groups is 1. The number of carbonyl (C=O) groups is 1. The highest BCUT2D eigenvalue weighted by Crippen LogP contribution is 2.50. The van der Waals surface area contributed by atoms with E-state index in [0.717, 1.165) is 29.7 Å². The largest absolute Gasteiger partial charge is 0.508 e. The van der Waals surface area contributed by atoms with E-state index in [1.807, 2.05) is 24.3 Å². The lowest BCUT2D eigenvalue weighted by Gasteiger charge is -2.43. The third kappa shape index (κ3) is 6.36. The molecular weight excluding hydrogens is 388 g/mol. The molecule has 166 valence electrons. The summed E-state index contributed by atoms with van der Waals surface area (Å²) in [5, 5.41) is 18.5. The maximum Gasteiger partial charge on any atom is 0.303 e. The molecule has 0 unspecified atom stereocenters. The van der Waals surface area contributed by atoms with Gasteiger partial charge in [0.15, 0.2) is 0 Å². The third-order valence-corrected chi connectivity index (χ3v) is 5.80. The fourth-order valence-corrected chi connectivity index (χ4v) is 5.15. The van der Waals surface area contributed by atoms with Crippen LogP contribution in [-0.2, 0) is 4.79 Å². The second-order valence-corrected chi connectivity index (χ2v) is 10.3. The summed E-state index contributed by atoms with van der Waals surface area (Å²) >= 11 is 0. The summed E-state index contributed by atoms with van der Waals surface area (Å²) in [6.45, 7) is 9.76. The van der Waals surface area contributed by atoms with Crippen molar-refractivity contribution in [2.75, 3.05) is 6.61 Å². The van der Waals surface area contributed by atoms with Gasteiger partial charge in [0.1, 0.15) is 11.5 Å². The van der Waals surface area contributed by atoms with Gasteiger partial charge in [0, 0.05) is 6.42 Å². The van der Waals surface area contributed by atoms with E-state index < -0.39 is 5.97 Å². The molecule has 2 aromatic rings. The standard InChI is InChI=1S/C27H34O4/c1-26(2)16-21(17-27(3,4)18-26)25(19-7-11-22(28)12-8-19)20-9-13-23(14-10-20)31-15-5-6-24(29)30/h7-14,28H,5-6,15-18H2,1-4H3,(H,29,30). The number of hydrogen-bond donors (Lipinski definition) is 2. The molecule has 2 N–H and O–H groups in total. The Morgan fingerprint density at radius 2 is 1.42 bits per heavy atom. The monoisotopic (exact) mass is 422 g/mol. The lowest BCUT2D eigenvalue weighted by Crippen LogP contribution is -2.30. The molecule has 2 aromatic carbocycles. The first-order chi connectivity index (χ1) is 14.5. The Kier molecular flexibility index (Phi) is 6.78. The summed E-state index contributed by atoms with van der Waals surface area (Å²) in [5.41, 5.74) is 5.38. The minimum absolute atomic E-state index is 0.112. The Balaban J connectivity index is 1.94. The second-order valence-electron chi connectivity index (χ2n) is 10.3. The third-order valence-electron chi connectivity index (χ3n) is 5.80. The van der Waals surface area contributed by atoms with E-state index in [1.165, 1.54) is 17.6 Å². The lowest BCUT2D eigenvalue weighted by atomic mass is 9.62. The summed E-state index contributed by atoms with van der Waals surface area (Å²) in [5.74, 6) is 0.207. The minimum Gasteiger partial charge on any atom is -0.508 e. The number of allylic oxidation sites excluding steroid dienone is 1. The molecule has 0 amide bonds. The first-order valence-corrected chi connectivity index (χ1v) is 11.0. The summed E-state index contributed by atoms with van der Waals surface area (Å²) in [4.78, 5) is 10.7. The molecule has 4 nitrogen and oxygen atoms in total. The molecule has 0 aromatic heterocycles. The number of benzene rings is 2. The fraction of sp³-hybridized carbons (Fsp3) is 0.444. The van der Waals surface area contributed by atoms with Gasteiger partial charge in [-0.15, -0.1) is 0 Å². The van der Waals surface area contributed by atoms with Crippen LogP contribution < -0.4 is 4.74 Å². The van der Waals surface area contributed by atoms with Crippen molar-refractivity contribution in [2.24, 2.45) is 10.8 Å². The summed E-state index contributed by atoms with van der Waals surface area (Å²) in [6.07, 6.45) is 3.88. The van der Waals surface area contributed by atoms with E-state index in [0.29, 0.717) is 13.0 Å². The number of carboxylic acid groups (broad SMARTS) is 1.